The fourth-order valence-corrected chi connectivity index (χ4v) is 2.23. The van der Waals surface area contributed by atoms with Crippen molar-refractivity contribution in [3.8, 4) is 0 Å². The minimum Gasteiger partial charge on any atom is -0.380 e. The van der Waals surface area contributed by atoms with Gasteiger partial charge in [-0.3, -0.25) is 9.59 Å². The maximum atomic E-state index is 11.9. The number of rotatable bonds is 8. The molecule has 0 spiro atoms. The van der Waals surface area contributed by atoms with Crippen molar-refractivity contribution in [2.24, 2.45) is 5.73 Å². The molecule has 1 aromatic carbocycles. The molecular weight excluding hydrogens is 294 g/mol. The fraction of sp³-hybridized carbons (Fsp3) is 0.529. The van der Waals surface area contributed by atoms with Crippen molar-refractivity contribution in [2.45, 2.75) is 45.9 Å². The summed E-state index contributed by atoms with van der Waals surface area (Å²) in [6, 6.07) is 7.62. The Hall–Kier alpha value is -1.92. The molecule has 0 heterocycles. The van der Waals surface area contributed by atoms with E-state index in [1.54, 1.807) is 11.8 Å². The molecule has 0 aromatic heterocycles. The van der Waals surface area contributed by atoms with E-state index in [-0.39, 0.29) is 30.4 Å². The standard InChI is InChI=1S/C17H27N3O3/c1-12(2)20(13(3)21)11-14-5-7-15(8-6-14)19-17(22)9-16(10-18)23-4/h5-8,12,16H,9-11,18H2,1-4H3,(H,19,22). The Balaban J connectivity index is 2.62. The molecule has 0 aliphatic carbocycles. The largest absolute Gasteiger partial charge is 0.380 e. The van der Waals surface area contributed by atoms with Gasteiger partial charge in [-0.25, -0.2) is 0 Å². The van der Waals surface area contributed by atoms with Gasteiger partial charge in [0.2, 0.25) is 11.8 Å². The van der Waals surface area contributed by atoms with E-state index in [0.29, 0.717) is 18.8 Å². The minimum absolute atomic E-state index is 0.0461. The maximum Gasteiger partial charge on any atom is 0.227 e. The third-order valence-corrected chi connectivity index (χ3v) is 3.63. The molecule has 0 saturated heterocycles. The Bertz CT molecular complexity index is 510. The first kappa shape index (κ1) is 19.1. The van der Waals surface area contributed by atoms with Gasteiger partial charge in [0.05, 0.1) is 12.5 Å². The average Bonchev–Trinajstić information content (AvgIpc) is 2.51. The third kappa shape index (κ3) is 6.38. The van der Waals surface area contributed by atoms with Crippen LogP contribution in [0, 0.1) is 0 Å². The monoisotopic (exact) mass is 321 g/mol. The van der Waals surface area contributed by atoms with E-state index >= 15 is 0 Å². The van der Waals surface area contributed by atoms with Crippen molar-refractivity contribution >= 4 is 17.5 Å². The van der Waals surface area contributed by atoms with Crippen LogP contribution in [-0.2, 0) is 20.9 Å². The molecule has 2 amide bonds. The highest BCUT2D eigenvalue weighted by Crippen LogP contribution is 2.14. The van der Waals surface area contributed by atoms with E-state index < -0.39 is 0 Å². The van der Waals surface area contributed by atoms with Crippen molar-refractivity contribution in [3.05, 3.63) is 29.8 Å². The number of nitrogens with two attached hydrogens (primary N) is 1. The van der Waals surface area contributed by atoms with Gasteiger partial charge in [-0.1, -0.05) is 12.1 Å². The van der Waals surface area contributed by atoms with Gasteiger partial charge < -0.3 is 20.7 Å². The smallest absolute Gasteiger partial charge is 0.227 e. The van der Waals surface area contributed by atoms with Crippen molar-refractivity contribution < 1.29 is 14.3 Å². The lowest BCUT2D eigenvalue weighted by Crippen LogP contribution is -2.34. The van der Waals surface area contributed by atoms with Crippen LogP contribution in [0.5, 0.6) is 0 Å². The SMILES string of the molecule is COC(CN)CC(=O)Nc1ccc(CN(C(C)=O)C(C)C)cc1. The Morgan fingerprint density at radius 1 is 1.26 bits per heavy atom. The molecule has 0 saturated carbocycles. The average molecular weight is 321 g/mol. The zero-order valence-corrected chi connectivity index (χ0v) is 14.3. The van der Waals surface area contributed by atoms with E-state index in [2.05, 4.69) is 5.32 Å². The fourth-order valence-electron chi connectivity index (χ4n) is 2.23. The van der Waals surface area contributed by atoms with Crippen LogP contribution in [0.4, 0.5) is 5.69 Å². The first-order valence-electron chi connectivity index (χ1n) is 7.76. The highest BCUT2D eigenvalue weighted by molar-refractivity contribution is 5.91. The predicted octanol–water partition coefficient (Wildman–Crippen LogP) is 1.75. The second-order valence-corrected chi connectivity index (χ2v) is 5.78. The molecule has 6 heteroatoms. The first-order chi connectivity index (χ1) is 10.9. The molecule has 0 bridgehead atoms. The van der Waals surface area contributed by atoms with Crippen LogP contribution in [0.2, 0.25) is 0 Å². The summed E-state index contributed by atoms with van der Waals surface area (Å²) < 4.78 is 5.09. The molecule has 0 aliphatic heterocycles. The molecule has 128 valence electrons. The van der Waals surface area contributed by atoms with Gasteiger partial charge in [-0.05, 0) is 31.5 Å². The summed E-state index contributed by atoms with van der Waals surface area (Å²) in [5, 5.41) is 2.81. The van der Waals surface area contributed by atoms with Crippen molar-refractivity contribution in [2.75, 3.05) is 19.0 Å². The molecule has 1 atom stereocenters. The summed E-state index contributed by atoms with van der Waals surface area (Å²) in [7, 11) is 1.54. The number of nitrogens with zero attached hydrogens (tertiary/aromatic N) is 1. The van der Waals surface area contributed by atoms with Crippen molar-refractivity contribution in [1.82, 2.24) is 4.90 Å². The zero-order chi connectivity index (χ0) is 17.4. The number of amides is 2. The number of methoxy groups -OCH3 is 1. The Labute approximate surface area is 138 Å². The van der Waals surface area contributed by atoms with E-state index in [1.807, 2.05) is 38.1 Å². The van der Waals surface area contributed by atoms with E-state index in [9.17, 15) is 9.59 Å². The summed E-state index contributed by atoms with van der Waals surface area (Å²) in [6.45, 7) is 6.40. The number of ether oxygens (including phenoxy) is 1. The lowest BCUT2D eigenvalue weighted by molar-refractivity contribution is -0.131. The lowest BCUT2D eigenvalue weighted by atomic mass is 10.1. The molecule has 1 unspecified atom stereocenters. The van der Waals surface area contributed by atoms with Crippen LogP contribution in [0.3, 0.4) is 0 Å². The summed E-state index contributed by atoms with van der Waals surface area (Å²) in [6.07, 6.45) is -0.0512. The van der Waals surface area contributed by atoms with Crippen LogP contribution in [0.25, 0.3) is 0 Å². The number of hydrogen-bond acceptors (Lipinski definition) is 4. The molecule has 6 nitrogen and oxygen atoms in total. The number of anilines is 1. The van der Waals surface area contributed by atoms with Gasteiger partial charge in [0.1, 0.15) is 0 Å². The third-order valence-electron chi connectivity index (χ3n) is 3.63. The van der Waals surface area contributed by atoms with Crippen molar-refractivity contribution in [3.63, 3.8) is 0 Å². The molecule has 1 rings (SSSR count). The summed E-state index contributed by atoms with van der Waals surface area (Å²) in [4.78, 5) is 25.3. The van der Waals surface area contributed by atoms with Gasteiger partial charge in [-0.15, -0.1) is 0 Å². The van der Waals surface area contributed by atoms with Crippen LogP contribution in [-0.4, -0.2) is 42.5 Å². The lowest BCUT2D eigenvalue weighted by Gasteiger charge is -2.25. The summed E-state index contributed by atoms with van der Waals surface area (Å²) in [5.74, 6) is -0.0904. The molecule has 0 aliphatic rings. The molecule has 0 radical (unpaired) electrons. The van der Waals surface area contributed by atoms with E-state index in [1.165, 1.54) is 7.11 Å². The Morgan fingerprint density at radius 3 is 2.30 bits per heavy atom. The zero-order valence-electron chi connectivity index (χ0n) is 14.3. The normalized spacial score (nSPS) is 12.1. The minimum atomic E-state index is -0.274. The molecule has 23 heavy (non-hydrogen) atoms. The highest BCUT2D eigenvalue weighted by atomic mass is 16.5. The topological polar surface area (TPSA) is 84.7 Å². The molecule has 0 fully saturated rings. The maximum absolute atomic E-state index is 11.9. The summed E-state index contributed by atoms with van der Waals surface area (Å²) >= 11 is 0. The first-order valence-corrected chi connectivity index (χ1v) is 7.76. The quantitative estimate of drug-likeness (QED) is 0.764. The second kappa shape index (κ2) is 9.27. The number of benzene rings is 1. The van der Waals surface area contributed by atoms with Crippen LogP contribution in [0.15, 0.2) is 24.3 Å². The molecule has 3 N–H and O–H groups in total. The highest BCUT2D eigenvalue weighted by Gasteiger charge is 2.14. The number of nitrogens with one attached hydrogen (secondary N) is 1. The predicted molar refractivity (Wildman–Crippen MR) is 90.9 cm³/mol. The Morgan fingerprint density at radius 2 is 1.87 bits per heavy atom. The van der Waals surface area contributed by atoms with E-state index in [4.69, 9.17) is 10.5 Å². The van der Waals surface area contributed by atoms with Gasteiger partial charge in [0.25, 0.3) is 0 Å². The van der Waals surface area contributed by atoms with E-state index in [0.717, 1.165) is 5.56 Å². The molecule has 1 aromatic rings. The van der Waals surface area contributed by atoms with Crippen LogP contribution >= 0.6 is 0 Å². The van der Waals surface area contributed by atoms with Gasteiger partial charge >= 0.3 is 0 Å². The van der Waals surface area contributed by atoms with Gasteiger partial charge in [0, 0.05) is 38.9 Å². The number of carbonyl (C=O) groups is 2. The van der Waals surface area contributed by atoms with Crippen molar-refractivity contribution in [1.29, 1.82) is 0 Å². The van der Waals surface area contributed by atoms with Gasteiger partial charge in [0.15, 0.2) is 0 Å². The second-order valence-electron chi connectivity index (χ2n) is 5.78. The van der Waals surface area contributed by atoms with Gasteiger partial charge in [-0.2, -0.15) is 0 Å². The number of carbonyl (C=O) groups excluding carboxylic acids is 2. The number of hydrogen-bond donors (Lipinski definition) is 2. The van der Waals surface area contributed by atoms with Crippen LogP contribution < -0.4 is 11.1 Å². The molecular formula is C17H27N3O3. The summed E-state index contributed by atoms with van der Waals surface area (Å²) in [5.41, 5.74) is 7.23. The van der Waals surface area contributed by atoms with Crippen LogP contribution in [0.1, 0.15) is 32.8 Å². The Kier molecular flexibility index (Phi) is 7.71.